The minimum Gasteiger partial charge on any atom is -0.463 e. The molecule has 0 radical (unpaired) electrons. The first-order chi connectivity index (χ1) is 14.0. The van der Waals surface area contributed by atoms with Gasteiger partial charge in [-0.15, -0.1) is 0 Å². The lowest BCUT2D eigenvalue weighted by Crippen LogP contribution is -2.27. The number of thioether (sulfide) groups is 1. The summed E-state index contributed by atoms with van der Waals surface area (Å²) >= 11 is 0.888. The fraction of sp³-hybridized carbons (Fsp3) is 0.286. The van der Waals surface area contributed by atoms with Crippen LogP contribution in [0.15, 0.2) is 45.7 Å². The highest BCUT2D eigenvalue weighted by Gasteiger charge is 2.35. The number of methoxy groups -OCH3 is 1. The molecule has 0 N–H and O–H groups in total. The molecule has 0 saturated carbocycles. The number of esters is 1. The molecule has 0 atom stereocenters. The van der Waals surface area contributed by atoms with Gasteiger partial charge in [-0.3, -0.25) is 14.5 Å². The van der Waals surface area contributed by atoms with Gasteiger partial charge in [0.2, 0.25) is 5.76 Å². The monoisotopic (exact) mass is 414 g/mol. The van der Waals surface area contributed by atoms with E-state index in [1.165, 1.54) is 13.2 Å². The Morgan fingerprint density at radius 1 is 1.14 bits per heavy atom. The summed E-state index contributed by atoms with van der Waals surface area (Å²) in [7, 11) is 1.25. The van der Waals surface area contributed by atoms with Crippen LogP contribution in [0.3, 0.4) is 0 Å². The van der Waals surface area contributed by atoms with E-state index in [0.29, 0.717) is 10.7 Å². The molecule has 3 rings (SSSR count). The zero-order valence-corrected chi connectivity index (χ0v) is 17.3. The van der Waals surface area contributed by atoms with Crippen LogP contribution < -0.4 is 4.90 Å². The zero-order chi connectivity index (χ0) is 21.0. The Morgan fingerprint density at radius 3 is 2.45 bits per heavy atom. The number of anilines is 1. The van der Waals surface area contributed by atoms with Gasteiger partial charge in [0.15, 0.2) is 0 Å². The van der Waals surface area contributed by atoms with E-state index in [2.05, 4.69) is 23.5 Å². The fourth-order valence-electron chi connectivity index (χ4n) is 2.99. The summed E-state index contributed by atoms with van der Waals surface area (Å²) in [5, 5.41) is -0.378. The Labute approximate surface area is 173 Å². The average molecular weight is 414 g/mol. The number of hydrogen-bond acceptors (Lipinski definition) is 7. The number of nitrogens with zero attached hydrogens (tertiary/aromatic N) is 2. The second-order valence-electron chi connectivity index (χ2n) is 6.29. The number of imide groups is 1. The quantitative estimate of drug-likeness (QED) is 0.497. The molecule has 0 aliphatic carbocycles. The van der Waals surface area contributed by atoms with Crippen LogP contribution >= 0.6 is 11.8 Å². The molecule has 7 nitrogen and oxygen atoms in total. The van der Waals surface area contributed by atoms with Crippen molar-refractivity contribution < 1.29 is 23.5 Å². The summed E-state index contributed by atoms with van der Waals surface area (Å²) in [4.78, 5) is 40.1. The smallest absolute Gasteiger partial charge is 0.373 e. The molecule has 2 heterocycles. The van der Waals surface area contributed by atoms with E-state index in [-0.39, 0.29) is 23.5 Å². The van der Waals surface area contributed by atoms with E-state index in [1.807, 2.05) is 24.3 Å². The average Bonchev–Trinajstić information content (AvgIpc) is 3.30. The molecule has 1 aromatic heterocycles. The number of carbonyl (C=O) groups excluding carboxylic acids is 3. The van der Waals surface area contributed by atoms with Gasteiger partial charge in [0, 0.05) is 18.8 Å². The van der Waals surface area contributed by atoms with Crippen LogP contribution in [0.1, 0.15) is 35.7 Å². The third kappa shape index (κ3) is 4.54. The Morgan fingerprint density at radius 2 is 1.83 bits per heavy atom. The molecule has 2 amide bonds. The van der Waals surface area contributed by atoms with Crippen LogP contribution in [0, 0.1) is 0 Å². The van der Waals surface area contributed by atoms with E-state index in [1.54, 1.807) is 12.1 Å². The van der Waals surface area contributed by atoms with E-state index in [9.17, 15) is 14.4 Å². The third-order valence-electron chi connectivity index (χ3n) is 4.56. The van der Waals surface area contributed by atoms with Crippen molar-refractivity contribution in [2.24, 2.45) is 0 Å². The van der Waals surface area contributed by atoms with E-state index in [4.69, 9.17) is 4.42 Å². The topological polar surface area (TPSA) is 80.1 Å². The van der Waals surface area contributed by atoms with Gasteiger partial charge < -0.3 is 14.1 Å². The van der Waals surface area contributed by atoms with Crippen LogP contribution in [0.4, 0.5) is 10.5 Å². The van der Waals surface area contributed by atoms with Crippen LogP contribution in [0.25, 0.3) is 6.08 Å². The lowest BCUT2D eigenvalue weighted by molar-refractivity contribution is -0.123. The van der Waals surface area contributed by atoms with Gasteiger partial charge in [-0.1, -0.05) is 12.1 Å². The third-order valence-corrected chi connectivity index (χ3v) is 5.46. The number of ether oxygens (including phenoxy) is 1. The Kier molecular flexibility index (Phi) is 6.43. The van der Waals surface area contributed by atoms with Crippen molar-refractivity contribution in [2.45, 2.75) is 20.4 Å². The normalized spacial score (nSPS) is 15.3. The van der Waals surface area contributed by atoms with Crippen molar-refractivity contribution in [2.75, 3.05) is 25.1 Å². The highest BCUT2D eigenvalue weighted by molar-refractivity contribution is 8.18. The number of benzene rings is 1. The molecular weight excluding hydrogens is 392 g/mol. The first-order valence-electron chi connectivity index (χ1n) is 9.24. The van der Waals surface area contributed by atoms with Crippen LogP contribution in [0.2, 0.25) is 0 Å². The standard InChI is InChI=1S/C21H22N2O5S/c1-4-22(5-2)15-8-6-14(7-9-15)12-18-19(24)23(21(26)29-18)13-16-10-11-17(28-16)20(25)27-3/h6-12H,4-5,13H2,1-3H3/b18-12+. The van der Waals surface area contributed by atoms with Crippen molar-refractivity contribution in [3.63, 3.8) is 0 Å². The summed E-state index contributed by atoms with van der Waals surface area (Å²) in [5.74, 6) is -0.641. The molecule has 1 aliphatic heterocycles. The number of carbonyl (C=O) groups is 3. The van der Waals surface area contributed by atoms with E-state index >= 15 is 0 Å². The van der Waals surface area contributed by atoms with Crippen molar-refractivity contribution in [1.82, 2.24) is 4.90 Å². The van der Waals surface area contributed by atoms with Crippen molar-refractivity contribution in [3.8, 4) is 0 Å². The van der Waals surface area contributed by atoms with Gasteiger partial charge in [0.05, 0.1) is 18.6 Å². The van der Waals surface area contributed by atoms with Crippen LogP contribution in [-0.2, 0) is 16.1 Å². The van der Waals surface area contributed by atoms with E-state index < -0.39 is 5.97 Å². The van der Waals surface area contributed by atoms with Crippen LogP contribution in [0.5, 0.6) is 0 Å². The van der Waals surface area contributed by atoms with Gasteiger partial charge in [0.1, 0.15) is 5.76 Å². The first-order valence-corrected chi connectivity index (χ1v) is 10.1. The summed E-state index contributed by atoms with van der Waals surface area (Å²) in [6, 6.07) is 10.9. The van der Waals surface area contributed by atoms with Crippen molar-refractivity contribution >= 4 is 40.6 Å². The first kappa shape index (κ1) is 20.7. The lowest BCUT2D eigenvalue weighted by atomic mass is 10.1. The molecule has 8 heteroatoms. The molecule has 152 valence electrons. The molecule has 1 aliphatic rings. The summed E-state index contributed by atoms with van der Waals surface area (Å²) in [5.41, 5.74) is 1.96. The van der Waals surface area contributed by atoms with Crippen molar-refractivity contribution in [1.29, 1.82) is 0 Å². The highest BCUT2D eigenvalue weighted by Crippen LogP contribution is 2.33. The minimum atomic E-state index is -0.613. The van der Waals surface area contributed by atoms with Gasteiger partial charge in [-0.2, -0.15) is 0 Å². The van der Waals surface area contributed by atoms with Gasteiger partial charge >= 0.3 is 5.97 Å². The van der Waals surface area contributed by atoms with Gasteiger partial charge in [-0.25, -0.2) is 4.79 Å². The maximum Gasteiger partial charge on any atom is 0.373 e. The second-order valence-corrected chi connectivity index (χ2v) is 7.28. The minimum absolute atomic E-state index is 0.0262. The highest BCUT2D eigenvalue weighted by atomic mass is 32.2. The zero-order valence-electron chi connectivity index (χ0n) is 16.5. The summed E-state index contributed by atoms with van der Waals surface area (Å²) in [6.45, 7) is 5.99. The van der Waals surface area contributed by atoms with Gasteiger partial charge in [0.25, 0.3) is 11.1 Å². The number of amides is 2. The molecule has 2 aromatic rings. The maximum atomic E-state index is 12.7. The largest absolute Gasteiger partial charge is 0.463 e. The van der Waals surface area contributed by atoms with E-state index in [0.717, 1.165) is 41.0 Å². The molecule has 1 aromatic carbocycles. The Hall–Kier alpha value is -3.00. The SMILES string of the molecule is CCN(CC)c1ccc(/C=C2/SC(=O)N(Cc3ccc(C(=O)OC)o3)C2=O)cc1. The Balaban J connectivity index is 1.72. The lowest BCUT2D eigenvalue weighted by Gasteiger charge is -2.20. The number of hydrogen-bond donors (Lipinski definition) is 0. The molecule has 1 saturated heterocycles. The number of rotatable bonds is 7. The molecule has 0 bridgehead atoms. The molecule has 29 heavy (non-hydrogen) atoms. The number of furan rings is 1. The molecule has 0 spiro atoms. The van der Waals surface area contributed by atoms with Crippen molar-refractivity contribution in [3.05, 3.63) is 58.4 Å². The summed E-state index contributed by atoms with van der Waals surface area (Å²) in [6.07, 6.45) is 1.71. The Bertz CT molecular complexity index is 944. The van der Waals surface area contributed by atoms with Gasteiger partial charge in [-0.05, 0) is 61.5 Å². The van der Waals surface area contributed by atoms with Crippen LogP contribution in [-0.4, -0.2) is 42.2 Å². The summed E-state index contributed by atoms with van der Waals surface area (Å²) < 4.78 is 9.94. The predicted molar refractivity (Wildman–Crippen MR) is 112 cm³/mol. The maximum absolute atomic E-state index is 12.7. The molecule has 1 fully saturated rings. The molecular formula is C21H22N2O5S. The molecule has 0 unspecified atom stereocenters. The fourth-order valence-corrected chi connectivity index (χ4v) is 3.83. The second kappa shape index (κ2) is 9.00. The predicted octanol–water partition coefficient (Wildman–Crippen LogP) is 4.15.